The summed E-state index contributed by atoms with van der Waals surface area (Å²) < 4.78 is 0. The van der Waals surface area contributed by atoms with Crippen LogP contribution in [0.4, 0.5) is 11.4 Å². The maximum atomic E-state index is 11.9. The summed E-state index contributed by atoms with van der Waals surface area (Å²) >= 11 is 0. The van der Waals surface area contributed by atoms with Crippen molar-refractivity contribution in [3.8, 4) is 0 Å². The van der Waals surface area contributed by atoms with Gasteiger partial charge in [-0.25, -0.2) is 0 Å². The fourth-order valence-corrected chi connectivity index (χ4v) is 2.19. The van der Waals surface area contributed by atoms with E-state index < -0.39 is 4.92 Å². The van der Waals surface area contributed by atoms with Crippen molar-refractivity contribution in [1.82, 2.24) is 0 Å². The summed E-state index contributed by atoms with van der Waals surface area (Å²) in [7, 11) is 0. The number of non-ortho nitro benzene ring substituents is 1. The Morgan fingerprint density at radius 2 is 2.21 bits per heavy atom. The molecule has 6 nitrogen and oxygen atoms in total. The third-order valence-electron chi connectivity index (χ3n) is 3.07. The van der Waals surface area contributed by atoms with Gasteiger partial charge >= 0.3 is 0 Å². The number of hydrogen-bond donors (Lipinski definition) is 0. The molecule has 0 fully saturated rings. The first kappa shape index (κ1) is 13.2. The Bertz CT molecular complexity index is 554. The molecule has 0 radical (unpaired) electrons. The van der Waals surface area contributed by atoms with E-state index in [1.165, 1.54) is 23.1 Å². The summed E-state index contributed by atoms with van der Waals surface area (Å²) in [6, 6.07) is 4.30. The number of benzene rings is 1. The number of carbonyl (C=O) groups excluding carboxylic acids is 2. The molecule has 0 N–H and O–H groups in total. The molecule has 6 heteroatoms. The largest absolute Gasteiger partial charge is 0.304 e. The Morgan fingerprint density at radius 3 is 2.84 bits per heavy atom. The lowest BCUT2D eigenvalue weighted by Gasteiger charge is -2.16. The van der Waals surface area contributed by atoms with E-state index >= 15 is 0 Å². The molecule has 0 unspecified atom stereocenters. The van der Waals surface area contributed by atoms with Gasteiger partial charge in [-0.15, -0.1) is 0 Å². The van der Waals surface area contributed by atoms with Crippen molar-refractivity contribution in [3.05, 3.63) is 33.9 Å². The van der Waals surface area contributed by atoms with Crippen LogP contribution < -0.4 is 4.90 Å². The van der Waals surface area contributed by atoms with Gasteiger partial charge in [-0.3, -0.25) is 19.7 Å². The van der Waals surface area contributed by atoms with Crippen molar-refractivity contribution in [2.24, 2.45) is 0 Å². The fraction of sp³-hybridized carbons (Fsp3) is 0.385. The highest BCUT2D eigenvalue weighted by molar-refractivity contribution is 6.05. The Labute approximate surface area is 110 Å². The van der Waals surface area contributed by atoms with E-state index in [1.807, 2.05) is 6.92 Å². The number of nitro groups is 1. The van der Waals surface area contributed by atoms with Crippen molar-refractivity contribution in [1.29, 1.82) is 0 Å². The van der Waals surface area contributed by atoms with E-state index in [4.69, 9.17) is 0 Å². The standard InChI is InChI=1S/C13H14N2O4/c1-2-3-11(16)8-14-12-5-4-10(15(18)19)6-9(12)7-13(14)17/h4-6H,2-3,7-8H2,1H3. The Morgan fingerprint density at radius 1 is 1.47 bits per heavy atom. The molecule has 19 heavy (non-hydrogen) atoms. The van der Waals surface area contributed by atoms with Crippen LogP contribution in [0.3, 0.4) is 0 Å². The highest BCUT2D eigenvalue weighted by Gasteiger charge is 2.29. The lowest BCUT2D eigenvalue weighted by atomic mass is 10.1. The molecule has 1 aromatic rings. The second-order valence-corrected chi connectivity index (χ2v) is 4.52. The normalized spacial score (nSPS) is 13.5. The molecule has 2 rings (SSSR count). The third-order valence-corrected chi connectivity index (χ3v) is 3.07. The lowest BCUT2D eigenvalue weighted by Crippen LogP contribution is -2.32. The summed E-state index contributed by atoms with van der Waals surface area (Å²) in [5.41, 5.74) is 1.19. The van der Waals surface area contributed by atoms with Crippen LogP contribution in [0.25, 0.3) is 0 Å². The monoisotopic (exact) mass is 262 g/mol. The number of fused-ring (bicyclic) bond motifs is 1. The van der Waals surface area contributed by atoms with Gasteiger partial charge in [0.1, 0.15) is 0 Å². The van der Waals surface area contributed by atoms with E-state index in [0.717, 1.165) is 6.42 Å². The SMILES string of the molecule is CCCC(=O)CN1C(=O)Cc2cc([N+](=O)[O-])ccc21. The molecule has 0 atom stereocenters. The summed E-state index contributed by atoms with van der Waals surface area (Å²) in [5.74, 6) is -0.179. The molecule has 1 amide bonds. The number of carbonyl (C=O) groups is 2. The minimum Gasteiger partial charge on any atom is -0.304 e. The second-order valence-electron chi connectivity index (χ2n) is 4.52. The summed E-state index contributed by atoms with van der Waals surface area (Å²) in [4.78, 5) is 35.1. The molecule has 0 aromatic heterocycles. The van der Waals surface area contributed by atoms with E-state index in [2.05, 4.69) is 0 Å². The number of anilines is 1. The van der Waals surface area contributed by atoms with Crippen LogP contribution in [-0.4, -0.2) is 23.2 Å². The maximum Gasteiger partial charge on any atom is 0.269 e. The molecule has 0 aliphatic carbocycles. The molecule has 100 valence electrons. The van der Waals surface area contributed by atoms with E-state index in [0.29, 0.717) is 17.7 Å². The van der Waals surface area contributed by atoms with Crippen molar-refractivity contribution in [2.75, 3.05) is 11.4 Å². The highest BCUT2D eigenvalue weighted by atomic mass is 16.6. The van der Waals surface area contributed by atoms with Gasteiger partial charge in [0.05, 0.1) is 17.9 Å². The molecule has 0 bridgehead atoms. The van der Waals surface area contributed by atoms with Crippen LogP contribution in [0, 0.1) is 10.1 Å². The first-order valence-electron chi connectivity index (χ1n) is 6.12. The Balaban J connectivity index is 2.24. The second kappa shape index (κ2) is 5.17. The van der Waals surface area contributed by atoms with Gasteiger partial charge in [0.25, 0.3) is 5.69 Å². The molecule has 0 saturated carbocycles. The van der Waals surface area contributed by atoms with Crippen LogP contribution in [0.15, 0.2) is 18.2 Å². The van der Waals surface area contributed by atoms with Crippen molar-refractivity contribution in [2.45, 2.75) is 26.2 Å². The van der Waals surface area contributed by atoms with Gasteiger partial charge in [-0.1, -0.05) is 6.92 Å². The number of rotatable bonds is 5. The van der Waals surface area contributed by atoms with Gasteiger partial charge in [0, 0.05) is 24.2 Å². The van der Waals surface area contributed by atoms with Gasteiger partial charge in [-0.05, 0) is 18.1 Å². The predicted octanol–water partition coefficient (Wildman–Crippen LogP) is 1.85. The minimum absolute atomic E-state index is 0.00190. The van der Waals surface area contributed by atoms with Crippen molar-refractivity contribution < 1.29 is 14.5 Å². The third kappa shape index (κ3) is 2.62. The highest BCUT2D eigenvalue weighted by Crippen LogP contribution is 2.31. The molecule has 0 spiro atoms. The van der Waals surface area contributed by atoms with Gasteiger partial charge in [0.15, 0.2) is 5.78 Å². The van der Waals surface area contributed by atoms with E-state index in [9.17, 15) is 19.7 Å². The maximum absolute atomic E-state index is 11.9. The number of Topliss-reactive ketones (excluding diaryl/α,β-unsaturated/α-hetero) is 1. The number of nitro benzene ring substituents is 1. The quantitative estimate of drug-likeness (QED) is 0.599. The number of ketones is 1. The van der Waals surface area contributed by atoms with Crippen molar-refractivity contribution in [3.63, 3.8) is 0 Å². The van der Waals surface area contributed by atoms with Crippen LogP contribution in [0.5, 0.6) is 0 Å². The first-order chi connectivity index (χ1) is 9.02. The minimum atomic E-state index is -0.490. The van der Waals surface area contributed by atoms with E-state index in [-0.39, 0.29) is 30.3 Å². The molecule has 1 aliphatic heterocycles. The predicted molar refractivity (Wildman–Crippen MR) is 69.1 cm³/mol. The van der Waals surface area contributed by atoms with Crippen LogP contribution in [0.1, 0.15) is 25.3 Å². The number of nitrogens with zero attached hydrogens (tertiary/aromatic N) is 2. The molecular weight excluding hydrogens is 248 g/mol. The van der Waals surface area contributed by atoms with E-state index in [1.54, 1.807) is 0 Å². The smallest absolute Gasteiger partial charge is 0.269 e. The summed E-state index contributed by atoms with van der Waals surface area (Å²) in [6.07, 6.45) is 1.30. The molecule has 1 aromatic carbocycles. The molecular formula is C13H14N2O4. The summed E-state index contributed by atoms with van der Waals surface area (Å²) in [6.45, 7) is 1.96. The molecule has 1 aliphatic rings. The topological polar surface area (TPSA) is 80.5 Å². The zero-order valence-electron chi connectivity index (χ0n) is 10.6. The zero-order chi connectivity index (χ0) is 14.0. The first-order valence-corrected chi connectivity index (χ1v) is 6.12. The van der Waals surface area contributed by atoms with Crippen LogP contribution in [0.2, 0.25) is 0 Å². The van der Waals surface area contributed by atoms with Gasteiger partial charge < -0.3 is 4.90 Å². The van der Waals surface area contributed by atoms with Gasteiger partial charge in [0.2, 0.25) is 5.91 Å². The molecule has 1 heterocycles. The Kier molecular flexibility index (Phi) is 3.59. The fourth-order valence-electron chi connectivity index (χ4n) is 2.19. The summed E-state index contributed by atoms with van der Waals surface area (Å²) in [5, 5.41) is 10.7. The van der Waals surface area contributed by atoms with Crippen molar-refractivity contribution >= 4 is 23.1 Å². The zero-order valence-corrected chi connectivity index (χ0v) is 10.6. The number of amides is 1. The van der Waals surface area contributed by atoms with Crippen LogP contribution in [-0.2, 0) is 16.0 Å². The average Bonchev–Trinajstić information content (AvgIpc) is 2.65. The lowest BCUT2D eigenvalue weighted by molar-refractivity contribution is -0.384. The average molecular weight is 262 g/mol. The number of hydrogen-bond acceptors (Lipinski definition) is 4. The Hall–Kier alpha value is -2.24. The van der Waals surface area contributed by atoms with Gasteiger partial charge in [-0.2, -0.15) is 0 Å². The molecule has 0 saturated heterocycles. The van der Waals surface area contributed by atoms with Crippen LogP contribution >= 0.6 is 0 Å².